The predicted octanol–water partition coefficient (Wildman–Crippen LogP) is 4.03. The molecule has 0 radical (unpaired) electrons. The van der Waals surface area contributed by atoms with Gasteiger partial charge in [-0.05, 0) is 56.7 Å². The molecular formula is C24H24N6O2S. The summed E-state index contributed by atoms with van der Waals surface area (Å²) in [5, 5.41) is 20.1. The van der Waals surface area contributed by atoms with Gasteiger partial charge in [-0.15, -0.1) is 0 Å². The van der Waals surface area contributed by atoms with Gasteiger partial charge in [0.2, 0.25) is 10.0 Å². The number of fused-ring (bicyclic) bond motifs is 1. The standard InChI is InChI=1S/C24H24N6O2S/c1-15(17-7-8-17)29-33(31,32)19-13-27-24(28-14-19)23-21(12-26)20-10-16(11-25)6-9-22(20)30(23)18-4-2-3-5-18/h6,9-10,13-15,17-18,29H,2-5,7-8H2,1H3/t15-/m0/s1. The molecule has 5 rings (SSSR count). The van der Waals surface area contributed by atoms with Gasteiger partial charge in [-0.3, -0.25) is 0 Å². The van der Waals surface area contributed by atoms with E-state index in [1.165, 1.54) is 12.4 Å². The first-order chi connectivity index (χ1) is 15.9. The number of sulfonamides is 1. The molecule has 1 atom stereocenters. The van der Waals surface area contributed by atoms with E-state index >= 15 is 0 Å². The molecule has 2 aliphatic rings. The van der Waals surface area contributed by atoms with Crippen molar-refractivity contribution in [3.63, 3.8) is 0 Å². The Hall–Kier alpha value is -3.27. The van der Waals surface area contributed by atoms with E-state index in [9.17, 15) is 18.9 Å². The van der Waals surface area contributed by atoms with Crippen molar-refractivity contribution in [3.05, 3.63) is 41.7 Å². The molecule has 0 amide bonds. The Kier molecular flexibility index (Phi) is 5.40. The summed E-state index contributed by atoms with van der Waals surface area (Å²) < 4.78 is 30.3. The maximum Gasteiger partial charge on any atom is 0.243 e. The van der Waals surface area contributed by atoms with E-state index < -0.39 is 10.0 Å². The van der Waals surface area contributed by atoms with Gasteiger partial charge in [-0.2, -0.15) is 10.5 Å². The van der Waals surface area contributed by atoms with Gasteiger partial charge in [0.05, 0.1) is 35.1 Å². The average molecular weight is 461 g/mol. The van der Waals surface area contributed by atoms with Crippen molar-refractivity contribution in [2.75, 3.05) is 0 Å². The van der Waals surface area contributed by atoms with Gasteiger partial charge in [0, 0.05) is 17.5 Å². The fourth-order valence-electron chi connectivity index (χ4n) is 4.84. The molecule has 2 heterocycles. The van der Waals surface area contributed by atoms with Gasteiger partial charge in [0.15, 0.2) is 5.82 Å². The van der Waals surface area contributed by atoms with Crippen LogP contribution >= 0.6 is 0 Å². The van der Waals surface area contributed by atoms with Crippen LogP contribution in [0.5, 0.6) is 0 Å². The SMILES string of the molecule is C[C@H](NS(=O)(=O)c1cnc(-c2c(C#N)c3cc(C#N)ccc3n2C2CCCC2)nc1)C1CC1. The fraction of sp³-hybridized carbons (Fsp3) is 0.417. The van der Waals surface area contributed by atoms with Crippen LogP contribution in [-0.4, -0.2) is 29.0 Å². The summed E-state index contributed by atoms with van der Waals surface area (Å²) in [6.07, 6.45) is 8.86. The van der Waals surface area contributed by atoms with Crippen molar-refractivity contribution < 1.29 is 8.42 Å². The van der Waals surface area contributed by atoms with Crippen molar-refractivity contribution in [3.8, 4) is 23.7 Å². The maximum absolute atomic E-state index is 12.8. The van der Waals surface area contributed by atoms with Gasteiger partial charge in [0.1, 0.15) is 16.7 Å². The van der Waals surface area contributed by atoms with Crippen LogP contribution in [0.25, 0.3) is 22.4 Å². The molecule has 0 aliphatic heterocycles. The van der Waals surface area contributed by atoms with Crippen molar-refractivity contribution in [2.45, 2.75) is 62.4 Å². The second-order valence-corrected chi connectivity index (χ2v) is 10.7. The highest BCUT2D eigenvalue weighted by Gasteiger charge is 2.32. The summed E-state index contributed by atoms with van der Waals surface area (Å²) in [6.45, 7) is 1.87. The van der Waals surface area contributed by atoms with Crippen LogP contribution < -0.4 is 4.72 Å². The first-order valence-electron chi connectivity index (χ1n) is 11.3. The lowest BCUT2D eigenvalue weighted by molar-refractivity contribution is 0.536. The Morgan fingerprint density at radius 2 is 1.79 bits per heavy atom. The summed E-state index contributed by atoms with van der Waals surface area (Å²) in [7, 11) is -3.72. The monoisotopic (exact) mass is 460 g/mol. The number of nitrogens with zero attached hydrogens (tertiary/aromatic N) is 5. The molecule has 0 unspecified atom stereocenters. The zero-order chi connectivity index (χ0) is 23.2. The lowest BCUT2D eigenvalue weighted by Gasteiger charge is -2.17. The van der Waals surface area contributed by atoms with E-state index in [1.807, 2.05) is 13.0 Å². The molecule has 2 saturated carbocycles. The Labute approximate surface area is 192 Å². The Balaban J connectivity index is 1.61. The predicted molar refractivity (Wildman–Crippen MR) is 122 cm³/mol. The normalized spacial score (nSPS) is 17.7. The van der Waals surface area contributed by atoms with Gasteiger partial charge in [0.25, 0.3) is 0 Å². The molecule has 3 aromatic rings. The molecular weight excluding hydrogens is 436 g/mol. The molecule has 2 aromatic heterocycles. The van der Waals surface area contributed by atoms with Crippen LogP contribution in [0.1, 0.15) is 62.6 Å². The van der Waals surface area contributed by atoms with Gasteiger partial charge in [-0.1, -0.05) is 12.8 Å². The largest absolute Gasteiger partial charge is 0.334 e. The summed E-state index contributed by atoms with van der Waals surface area (Å²) in [4.78, 5) is 8.80. The lowest BCUT2D eigenvalue weighted by Crippen LogP contribution is -2.34. The molecule has 1 aromatic carbocycles. The average Bonchev–Trinajstić information content (AvgIpc) is 3.44. The molecule has 2 fully saturated rings. The van der Waals surface area contributed by atoms with E-state index in [1.54, 1.807) is 12.1 Å². The second kappa shape index (κ2) is 8.26. The first kappa shape index (κ1) is 21.6. The molecule has 0 spiro atoms. The number of nitrogens with one attached hydrogen (secondary N) is 1. The van der Waals surface area contributed by atoms with Crippen molar-refractivity contribution in [2.24, 2.45) is 5.92 Å². The number of nitriles is 2. The maximum atomic E-state index is 12.8. The van der Waals surface area contributed by atoms with Gasteiger partial charge in [-0.25, -0.2) is 23.1 Å². The van der Waals surface area contributed by atoms with Crippen molar-refractivity contribution in [1.82, 2.24) is 19.3 Å². The van der Waals surface area contributed by atoms with E-state index in [0.29, 0.717) is 33.9 Å². The van der Waals surface area contributed by atoms with E-state index in [0.717, 1.165) is 44.0 Å². The minimum atomic E-state index is -3.72. The summed E-state index contributed by atoms with van der Waals surface area (Å²) in [5.41, 5.74) is 2.34. The fourth-order valence-corrected chi connectivity index (χ4v) is 6.04. The van der Waals surface area contributed by atoms with Crippen LogP contribution in [0.2, 0.25) is 0 Å². The van der Waals surface area contributed by atoms with Crippen LogP contribution in [0.15, 0.2) is 35.5 Å². The van der Waals surface area contributed by atoms with Crippen molar-refractivity contribution in [1.29, 1.82) is 10.5 Å². The number of hydrogen-bond donors (Lipinski definition) is 1. The highest BCUT2D eigenvalue weighted by Crippen LogP contribution is 2.40. The molecule has 33 heavy (non-hydrogen) atoms. The van der Waals surface area contributed by atoms with Gasteiger partial charge >= 0.3 is 0 Å². The Morgan fingerprint density at radius 1 is 1.09 bits per heavy atom. The molecule has 9 heteroatoms. The minimum absolute atomic E-state index is 0.00699. The quantitative estimate of drug-likeness (QED) is 0.592. The van der Waals surface area contributed by atoms with Crippen LogP contribution in [0.4, 0.5) is 0 Å². The van der Waals surface area contributed by atoms with Crippen molar-refractivity contribution >= 4 is 20.9 Å². The smallest absolute Gasteiger partial charge is 0.243 e. The summed E-state index contributed by atoms with van der Waals surface area (Å²) in [6, 6.07) is 9.84. The first-order valence-corrected chi connectivity index (χ1v) is 12.7. The zero-order valence-electron chi connectivity index (χ0n) is 18.3. The van der Waals surface area contributed by atoms with Crippen LogP contribution in [0.3, 0.4) is 0 Å². The van der Waals surface area contributed by atoms with Crippen LogP contribution in [0, 0.1) is 28.6 Å². The second-order valence-electron chi connectivity index (χ2n) is 8.98. The number of rotatable bonds is 6. The molecule has 1 N–H and O–H groups in total. The molecule has 0 bridgehead atoms. The summed E-state index contributed by atoms with van der Waals surface area (Å²) >= 11 is 0. The van der Waals surface area contributed by atoms with Gasteiger partial charge < -0.3 is 4.57 Å². The third kappa shape index (κ3) is 3.88. The van der Waals surface area contributed by atoms with E-state index in [4.69, 9.17) is 0 Å². The number of hydrogen-bond acceptors (Lipinski definition) is 6. The highest BCUT2D eigenvalue weighted by molar-refractivity contribution is 7.89. The number of benzene rings is 1. The molecule has 168 valence electrons. The topological polar surface area (TPSA) is 124 Å². The third-order valence-corrected chi connectivity index (χ3v) is 8.27. The molecule has 8 nitrogen and oxygen atoms in total. The Bertz CT molecular complexity index is 1400. The lowest BCUT2D eigenvalue weighted by atomic mass is 10.1. The van der Waals surface area contributed by atoms with E-state index in [-0.39, 0.29) is 17.0 Å². The molecule has 2 aliphatic carbocycles. The zero-order valence-corrected chi connectivity index (χ0v) is 19.1. The Morgan fingerprint density at radius 3 is 2.39 bits per heavy atom. The van der Waals surface area contributed by atoms with E-state index in [2.05, 4.69) is 31.4 Å². The van der Waals surface area contributed by atoms with Crippen LogP contribution in [-0.2, 0) is 10.0 Å². The third-order valence-electron chi connectivity index (χ3n) is 6.75. The highest BCUT2D eigenvalue weighted by atomic mass is 32.2. The molecule has 0 saturated heterocycles. The minimum Gasteiger partial charge on any atom is -0.334 e. The number of aromatic nitrogens is 3. The summed E-state index contributed by atoms with van der Waals surface area (Å²) in [5.74, 6) is 0.695.